The van der Waals surface area contributed by atoms with Gasteiger partial charge < -0.3 is 14.4 Å². The minimum atomic E-state index is -0.0819. The van der Waals surface area contributed by atoms with Crippen LogP contribution in [0, 0.1) is 0 Å². The maximum atomic E-state index is 12.7. The molecule has 0 aromatic carbocycles. The van der Waals surface area contributed by atoms with Crippen molar-refractivity contribution in [3.8, 4) is 0 Å². The van der Waals surface area contributed by atoms with Gasteiger partial charge in [-0.15, -0.1) is 0 Å². The van der Waals surface area contributed by atoms with Crippen LogP contribution < -0.4 is 5.56 Å². The van der Waals surface area contributed by atoms with Gasteiger partial charge in [0.05, 0.1) is 5.56 Å². The SMILES string of the molecule is Cn1cc(C(=O)N2CCCC2CN2CCCC2)ccc1=O. The lowest BCUT2D eigenvalue weighted by Crippen LogP contribution is -2.42. The summed E-state index contributed by atoms with van der Waals surface area (Å²) in [6, 6.07) is 3.45. The lowest BCUT2D eigenvalue weighted by Gasteiger charge is -2.28. The molecule has 1 aromatic heterocycles. The van der Waals surface area contributed by atoms with Gasteiger partial charge in [-0.25, -0.2) is 0 Å². The van der Waals surface area contributed by atoms with Crippen LogP contribution in [-0.4, -0.2) is 52.5 Å². The highest BCUT2D eigenvalue weighted by Crippen LogP contribution is 2.22. The zero-order valence-electron chi connectivity index (χ0n) is 12.6. The zero-order chi connectivity index (χ0) is 14.8. The fourth-order valence-corrected chi connectivity index (χ4v) is 3.44. The Bertz CT molecular complexity index is 575. The first-order valence-electron chi connectivity index (χ1n) is 7.85. The summed E-state index contributed by atoms with van der Waals surface area (Å²) >= 11 is 0. The van der Waals surface area contributed by atoms with Crippen LogP contribution in [0.25, 0.3) is 0 Å². The Hall–Kier alpha value is -1.62. The average Bonchev–Trinajstić information content (AvgIpc) is 3.13. The number of hydrogen-bond acceptors (Lipinski definition) is 3. The van der Waals surface area contributed by atoms with Gasteiger partial charge in [-0.05, 0) is 44.8 Å². The Morgan fingerprint density at radius 1 is 1.19 bits per heavy atom. The summed E-state index contributed by atoms with van der Waals surface area (Å²) in [7, 11) is 1.69. The highest BCUT2D eigenvalue weighted by atomic mass is 16.2. The number of nitrogens with zero attached hydrogens (tertiary/aromatic N) is 3. The van der Waals surface area contributed by atoms with Crippen LogP contribution in [0.4, 0.5) is 0 Å². The molecule has 21 heavy (non-hydrogen) atoms. The molecule has 1 aromatic rings. The van der Waals surface area contributed by atoms with Crippen molar-refractivity contribution >= 4 is 5.91 Å². The van der Waals surface area contributed by atoms with Gasteiger partial charge in [0.2, 0.25) is 5.56 Å². The van der Waals surface area contributed by atoms with Crippen LogP contribution in [0.1, 0.15) is 36.0 Å². The van der Waals surface area contributed by atoms with Gasteiger partial charge in [0, 0.05) is 38.4 Å². The summed E-state index contributed by atoms with van der Waals surface area (Å²) in [6.45, 7) is 4.16. The molecule has 5 heteroatoms. The molecule has 2 aliphatic rings. The Morgan fingerprint density at radius 2 is 1.95 bits per heavy atom. The number of amides is 1. The summed E-state index contributed by atoms with van der Waals surface area (Å²) in [4.78, 5) is 28.6. The number of likely N-dealkylation sites (tertiary alicyclic amines) is 2. The van der Waals surface area contributed by atoms with E-state index < -0.39 is 0 Å². The van der Waals surface area contributed by atoms with Crippen molar-refractivity contribution in [3.63, 3.8) is 0 Å². The molecule has 0 saturated carbocycles. The molecule has 1 unspecified atom stereocenters. The first kappa shape index (κ1) is 14.3. The molecule has 0 spiro atoms. The summed E-state index contributed by atoms with van der Waals surface area (Å²) in [5.74, 6) is 0.0623. The third-order valence-corrected chi connectivity index (χ3v) is 4.64. The van der Waals surface area contributed by atoms with E-state index >= 15 is 0 Å². The van der Waals surface area contributed by atoms with Crippen LogP contribution in [0.2, 0.25) is 0 Å². The molecular weight excluding hydrogens is 266 g/mol. The third-order valence-electron chi connectivity index (χ3n) is 4.64. The predicted molar refractivity (Wildman–Crippen MR) is 81.4 cm³/mol. The van der Waals surface area contributed by atoms with Crippen molar-refractivity contribution < 1.29 is 4.79 Å². The Labute approximate surface area is 125 Å². The minimum absolute atomic E-state index is 0.0623. The number of aryl methyl sites for hydroxylation is 1. The lowest BCUT2D eigenvalue weighted by molar-refractivity contribution is 0.0708. The van der Waals surface area contributed by atoms with Gasteiger partial charge in [-0.3, -0.25) is 9.59 Å². The molecule has 0 N–H and O–H groups in total. The summed E-state index contributed by atoms with van der Waals surface area (Å²) in [5.41, 5.74) is 0.534. The highest BCUT2D eigenvalue weighted by Gasteiger charge is 2.31. The van der Waals surface area contributed by atoms with Crippen molar-refractivity contribution in [1.29, 1.82) is 0 Å². The summed E-state index contributed by atoms with van der Waals surface area (Å²) < 4.78 is 1.47. The molecule has 0 aliphatic carbocycles. The normalized spacial score (nSPS) is 22.9. The van der Waals surface area contributed by atoms with Crippen molar-refractivity contribution in [2.24, 2.45) is 7.05 Å². The molecule has 1 atom stereocenters. The van der Waals surface area contributed by atoms with Crippen molar-refractivity contribution in [3.05, 3.63) is 34.2 Å². The summed E-state index contributed by atoms with van der Waals surface area (Å²) in [5, 5.41) is 0. The molecule has 3 heterocycles. The van der Waals surface area contributed by atoms with Crippen LogP contribution in [0.5, 0.6) is 0 Å². The van der Waals surface area contributed by atoms with Gasteiger partial charge in [-0.2, -0.15) is 0 Å². The fraction of sp³-hybridized carbons (Fsp3) is 0.625. The second-order valence-electron chi connectivity index (χ2n) is 6.17. The number of aromatic nitrogens is 1. The van der Waals surface area contributed by atoms with Gasteiger partial charge in [0.1, 0.15) is 0 Å². The second kappa shape index (κ2) is 6.02. The van der Waals surface area contributed by atoms with E-state index in [1.54, 1.807) is 19.3 Å². The Morgan fingerprint density at radius 3 is 2.67 bits per heavy atom. The lowest BCUT2D eigenvalue weighted by atomic mass is 10.2. The maximum absolute atomic E-state index is 12.7. The molecule has 114 valence electrons. The Kier molecular flexibility index (Phi) is 4.10. The Balaban J connectivity index is 1.72. The van der Waals surface area contributed by atoms with Crippen molar-refractivity contribution in [1.82, 2.24) is 14.4 Å². The molecule has 2 fully saturated rings. The smallest absolute Gasteiger partial charge is 0.255 e. The van der Waals surface area contributed by atoms with E-state index in [9.17, 15) is 9.59 Å². The standard InChI is InChI=1S/C16H23N3O2/c1-17-11-13(6-7-15(17)20)16(21)19-10-4-5-14(19)12-18-8-2-3-9-18/h6-7,11,14H,2-5,8-10,12H2,1H3. The summed E-state index contributed by atoms with van der Waals surface area (Å²) in [6.07, 6.45) is 6.38. The minimum Gasteiger partial charge on any atom is -0.334 e. The fourth-order valence-electron chi connectivity index (χ4n) is 3.44. The first-order chi connectivity index (χ1) is 10.1. The van der Waals surface area contributed by atoms with E-state index in [-0.39, 0.29) is 11.5 Å². The molecule has 2 saturated heterocycles. The van der Waals surface area contributed by atoms with E-state index in [0.29, 0.717) is 11.6 Å². The van der Waals surface area contributed by atoms with Crippen LogP contribution in [0.15, 0.2) is 23.1 Å². The van der Waals surface area contributed by atoms with E-state index in [1.165, 1.54) is 36.6 Å². The molecule has 5 nitrogen and oxygen atoms in total. The van der Waals surface area contributed by atoms with Crippen LogP contribution >= 0.6 is 0 Å². The quantitative estimate of drug-likeness (QED) is 0.836. The average molecular weight is 289 g/mol. The number of hydrogen-bond donors (Lipinski definition) is 0. The van der Waals surface area contributed by atoms with Crippen LogP contribution in [0.3, 0.4) is 0 Å². The number of carbonyl (C=O) groups is 1. The van der Waals surface area contributed by atoms with Gasteiger partial charge in [-0.1, -0.05) is 0 Å². The predicted octanol–water partition coefficient (Wildman–Crippen LogP) is 1.09. The van der Waals surface area contributed by atoms with Gasteiger partial charge in [0.15, 0.2) is 0 Å². The maximum Gasteiger partial charge on any atom is 0.255 e. The molecule has 1 amide bonds. The van der Waals surface area contributed by atoms with E-state index in [0.717, 1.165) is 25.9 Å². The van der Waals surface area contributed by atoms with Gasteiger partial charge >= 0.3 is 0 Å². The van der Waals surface area contributed by atoms with Crippen molar-refractivity contribution in [2.75, 3.05) is 26.2 Å². The van der Waals surface area contributed by atoms with E-state index in [2.05, 4.69) is 4.90 Å². The largest absolute Gasteiger partial charge is 0.334 e. The van der Waals surface area contributed by atoms with E-state index in [4.69, 9.17) is 0 Å². The third kappa shape index (κ3) is 3.02. The van der Waals surface area contributed by atoms with Crippen molar-refractivity contribution in [2.45, 2.75) is 31.7 Å². The molecular formula is C16H23N3O2. The van der Waals surface area contributed by atoms with Gasteiger partial charge in [0.25, 0.3) is 5.91 Å². The highest BCUT2D eigenvalue weighted by molar-refractivity contribution is 5.94. The second-order valence-corrected chi connectivity index (χ2v) is 6.17. The molecule has 3 rings (SSSR count). The number of carbonyl (C=O) groups excluding carboxylic acids is 1. The zero-order valence-corrected chi connectivity index (χ0v) is 12.6. The molecule has 0 bridgehead atoms. The molecule has 2 aliphatic heterocycles. The number of pyridine rings is 1. The topological polar surface area (TPSA) is 45.6 Å². The van der Waals surface area contributed by atoms with Crippen LogP contribution in [-0.2, 0) is 7.05 Å². The molecule has 0 radical (unpaired) electrons. The first-order valence-corrected chi connectivity index (χ1v) is 7.85. The van der Waals surface area contributed by atoms with E-state index in [1.807, 2.05) is 4.90 Å². The number of rotatable bonds is 3. The monoisotopic (exact) mass is 289 g/mol.